The van der Waals surface area contributed by atoms with Crippen molar-refractivity contribution in [1.82, 2.24) is 0 Å². The Hall–Kier alpha value is -0.860. The summed E-state index contributed by atoms with van der Waals surface area (Å²) in [5.41, 5.74) is 8.08. The highest BCUT2D eigenvalue weighted by Gasteiger charge is 2.53. The van der Waals surface area contributed by atoms with Gasteiger partial charge < -0.3 is 10.8 Å². The van der Waals surface area contributed by atoms with Gasteiger partial charge in [0.05, 0.1) is 5.60 Å². The molecule has 3 rings (SSSR count). The van der Waals surface area contributed by atoms with Crippen LogP contribution in [0.1, 0.15) is 50.2 Å². The van der Waals surface area contributed by atoms with Gasteiger partial charge in [0.15, 0.2) is 0 Å². The fourth-order valence-electron chi connectivity index (χ4n) is 4.29. The van der Waals surface area contributed by atoms with Gasteiger partial charge in [-0.05, 0) is 55.6 Å². The molecule has 0 saturated heterocycles. The molecule has 2 nitrogen and oxygen atoms in total. The van der Waals surface area contributed by atoms with Gasteiger partial charge in [0.1, 0.15) is 0 Å². The molecule has 1 aromatic carbocycles. The predicted octanol–water partition coefficient (Wildman–Crippen LogP) is 2.77. The van der Waals surface area contributed by atoms with Crippen molar-refractivity contribution in [2.24, 2.45) is 11.7 Å². The minimum Gasteiger partial charge on any atom is -0.389 e. The molecule has 2 aliphatic rings. The van der Waals surface area contributed by atoms with E-state index in [0.29, 0.717) is 6.54 Å². The number of aryl methyl sites for hydroxylation is 1. The Bertz CT molecular complexity index is 462. The second kappa shape index (κ2) is 4.60. The fraction of sp³-hybridized carbons (Fsp3) is 0.647. The van der Waals surface area contributed by atoms with E-state index in [1.165, 1.54) is 11.1 Å². The number of benzene rings is 1. The fourth-order valence-corrected chi connectivity index (χ4v) is 4.29. The summed E-state index contributed by atoms with van der Waals surface area (Å²) >= 11 is 0. The van der Waals surface area contributed by atoms with Crippen molar-refractivity contribution in [2.45, 2.75) is 56.5 Å². The van der Waals surface area contributed by atoms with E-state index in [2.05, 4.69) is 31.2 Å². The van der Waals surface area contributed by atoms with Gasteiger partial charge in [0.25, 0.3) is 0 Å². The minimum atomic E-state index is -0.596. The van der Waals surface area contributed by atoms with Gasteiger partial charge in [-0.15, -0.1) is 0 Å². The van der Waals surface area contributed by atoms with Crippen LogP contribution in [0.15, 0.2) is 24.3 Å². The molecular weight excluding hydrogens is 234 g/mol. The Labute approximate surface area is 116 Å². The number of rotatable bonds is 2. The Morgan fingerprint density at radius 1 is 1.21 bits per heavy atom. The Kier molecular flexibility index (Phi) is 3.18. The SMILES string of the molecule is CC1CCC(O)(C2(CN)CCc3ccccc32)CC1. The summed E-state index contributed by atoms with van der Waals surface area (Å²) in [7, 11) is 0. The van der Waals surface area contributed by atoms with E-state index < -0.39 is 5.60 Å². The van der Waals surface area contributed by atoms with Crippen LogP contribution in [-0.2, 0) is 11.8 Å². The van der Waals surface area contributed by atoms with Crippen molar-refractivity contribution >= 4 is 0 Å². The van der Waals surface area contributed by atoms with Crippen molar-refractivity contribution in [2.75, 3.05) is 6.54 Å². The molecule has 0 bridgehead atoms. The van der Waals surface area contributed by atoms with Crippen LogP contribution < -0.4 is 5.73 Å². The van der Waals surface area contributed by atoms with E-state index in [-0.39, 0.29) is 5.41 Å². The zero-order valence-corrected chi connectivity index (χ0v) is 11.9. The number of fused-ring (bicyclic) bond motifs is 1. The molecule has 3 N–H and O–H groups in total. The Morgan fingerprint density at radius 2 is 1.89 bits per heavy atom. The third-order valence-electron chi connectivity index (χ3n) is 5.69. The summed E-state index contributed by atoms with van der Waals surface area (Å²) in [4.78, 5) is 0. The first-order valence-corrected chi connectivity index (χ1v) is 7.62. The standard InChI is InChI=1S/C17H25NO/c1-13-6-10-17(19,11-7-13)16(12-18)9-8-14-4-2-3-5-15(14)16/h2-5,13,19H,6-12,18H2,1H3. The molecule has 19 heavy (non-hydrogen) atoms. The molecule has 104 valence electrons. The lowest BCUT2D eigenvalue weighted by molar-refractivity contribution is -0.0736. The molecule has 0 aliphatic heterocycles. The summed E-state index contributed by atoms with van der Waals surface area (Å²) in [5.74, 6) is 0.742. The van der Waals surface area contributed by atoms with E-state index in [4.69, 9.17) is 5.73 Å². The average molecular weight is 259 g/mol. The van der Waals surface area contributed by atoms with Gasteiger partial charge in [-0.3, -0.25) is 0 Å². The third kappa shape index (κ3) is 1.85. The van der Waals surface area contributed by atoms with Gasteiger partial charge in [0, 0.05) is 12.0 Å². The molecular formula is C17H25NO. The van der Waals surface area contributed by atoms with Crippen molar-refractivity contribution in [3.63, 3.8) is 0 Å². The van der Waals surface area contributed by atoms with Gasteiger partial charge in [-0.2, -0.15) is 0 Å². The van der Waals surface area contributed by atoms with Gasteiger partial charge in [0.2, 0.25) is 0 Å². The number of aliphatic hydroxyl groups is 1. The molecule has 1 aromatic rings. The first-order chi connectivity index (χ1) is 9.11. The molecule has 1 fully saturated rings. The van der Waals surface area contributed by atoms with Crippen LogP contribution in [0.4, 0.5) is 0 Å². The van der Waals surface area contributed by atoms with Crippen LogP contribution in [0.5, 0.6) is 0 Å². The summed E-state index contributed by atoms with van der Waals surface area (Å²) in [6, 6.07) is 8.56. The molecule has 2 aliphatic carbocycles. The molecule has 0 heterocycles. The van der Waals surface area contributed by atoms with Gasteiger partial charge >= 0.3 is 0 Å². The minimum absolute atomic E-state index is 0.205. The van der Waals surface area contributed by atoms with E-state index in [1.54, 1.807) is 0 Å². The van der Waals surface area contributed by atoms with Crippen molar-refractivity contribution in [3.8, 4) is 0 Å². The van der Waals surface area contributed by atoms with E-state index in [0.717, 1.165) is 44.4 Å². The smallest absolute Gasteiger partial charge is 0.0756 e. The molecule has 0 aromatic heterocycles. The lowest BCUT2D eigenvalue weighted by Crippen LogP contribution is -2.56. The monoisotopic (exact) mass is 259 g/mol. The van der Waals surface area contributed by atoms with E-state index in [1.807, 2.05) is 0 Å². The summed E-state index contributed by atoms with van der Waals surface area (Å²) < 4.78 is 0. The number of hydrogen-bond donors (Lipinski definition) is 2. The molecule has 1 unspecified atom stereocenters. The lowest BCUT2D eigenvalue weighted by atomic mass is 9.61. The van der Waals surface area contributed by atoms with Crippen molar-refractivity contribution < 1.29 is 5.11 Å². The number of nitrogens with two attached hydrogens (primary N) is 1. The van der Waals surface area contributed by atoms with Crippen molar-refractivity contribution in [3.05, 3.63) is 35.4 Å². The Balaban J connectivity index is 2.01. The van der Waals surface area contributed by atoms with Gasteiger partial charge in [-0.25, -0.2) is 0 Å². The highest BCUT2D eigenvalue weighted by Crippen LogP contribution is 2.51. The maximum Gasteiger partial charge on any atom is 0.0756 e. The maximum atomic E-state index is 11.3. The topological polar surface area (TPSA) is 46.2 Å². The summed E-state index contributed by atoms with van der Waals surface area (Å²) in [5, 5.41) is 11.3. The summed E-state index contributed by atoms with van der Waals surface area (Å²) in [6.07, 6.45) is 6.12. The van der Waals surface area contributed by atoms with Gasteiger partial charge in [-0.1, -0.05) is 31.2 Å². The maximum absolute atomic E-state index is 11.3. The summed E-state index contributed by atoms with van der Waals surface area (Å²) in [6.45, 7) is 2.85. The van der Waals surface area contributed by atoms with Crippen LogP contribution in [0.25, 0.3) is 0 Å². The highest BCUT2D eigenvalue weighted by atomic mass is 16.3. The first-order valence-electron chi connectivity index (χ1n) is 7.62. The van der Waals surface area contributed by atoms with Crippen LogP contribution in [0, 0.1) is 5.92 Å². The zero-order valence-electron chi connectivity index (χ0n) is 11.9. The van der Waals surface area contributed by atoms with Crippen LogP contribution in [0.2, 0.25) is 0 Å². The molecule has 0 spiro atoms. The third-order valence-corrected chi connectivity index (χ3v) is 5.69. The van der Waals surface area contributed by atoms with Crippen LogP contribution >= 0.6 is 0 Å². The largest absolute Gasteiger partial charge is 0.389 e. The molecule has 2 heteroatoms. The quantitative estimate of drug-likeness (QED) is 0.858. The zero-order chi connectivity index (χ0) is 13.5. The van der Waals surface area contributed by atoms with E-state index >= 15 is 0 Å². The molecule has 1 saturated carbocycles. The van der Waals surface area contributed by atoms with E-state index in [9.17, 15) is 5.11 Å². The van der Waals surface area contributed by atoms with Crippen LogP contribution in [-0.4, -0.2) is 17.3 Å². The van der Waals surface area contributed by atoms with Crippen molar-refractivity contribution in [1.29, 1.82) is 0 Å². The highest BCUT2D eigenvalue weighted by molar-refractivity contribution is 5.43. The first kappa shape index (κ1) is 13.1. The molecule has 0 radical (unpaired) electrons. The molecule has 1 atom stereocenters. The lowest BCUT2D eigenvalue weighted by Gasteiger charge is -2.48. The second-order valence-corrected chi connectivity index (χ2v) is 6.66. The normalized spacial score (nSPS) is 38.2. The molecule has 0 amide bonds. The Morgan fingerprint density at radius 3 is 2.58 bits per heavy atom. The second-order valence-electron chi connectivity index (χ2n) is 6.66. The predicted molar refractivity (Wildman–Crippen MR) is 78.1 cm³/mol. The number of hydrogen-bond acceptors (Lipinski definition) is 2. The average Bonchev–Trinajstić information content (AvgIpc) is 2.83. The van der Waals surface area contributed by atoms with Crippen LogP contribution in [0.3, 0.4) is 0 Å².